The molecule has 126 valence electrons. The minimum Gasteiger partial charge on any atom is -0.360 e. The minimum absolute atomic E-state index is 0.465. The Hall–Kier alpha value is -2.12. The van der Waals surface area contributed by atoms with Crippen molar-refractivity contribution >= 4 is 56.6 Å². The van der Waals surface area contributed by atoms with Gasteiger partial charge in [0.2, 0.25) is 0 Å². The number of fused-ring (bicyclic) bond motifs is 2. The van der Waals surface area contributed by atoms with Crippen molar-refractivity contribution in [3.05, 3.63) is 69.9 Å². The lowest BCUT2D eigenvalue weighted by molar-refractivity contribution is 0.744. The van der Waals surface area contributed by atoms with Gasteiger partial charge in [-0.15, -0.1) is 0 Å². The topological polar surface area (TPSA) is 44.5 Å². The standard InChI is InChI=1S/C11H8Cl2N2.C8H6ClN/c12-9-3-2-8-4-7-15(6-1-5-14)11(8)10(9)13;9-7-3-1-2-6-4-5-10-8(6)7/h2-4,7H,1,6H2;1-5,10H. The first kappa shape index (κ1) is 17.7. The van der Waals surface area contributed by atoms with Crippen molar-refractivity contribution in [3.63, 3.8) is 0 Å². The molecular formula is C19H14Cl3N3. The summed E-state index contributed by atoms with van der Waals surface area (Å²) < 4.78 is 1.95. The molecule has 0 unspecified atom stereocenters. The summed E-state index contributed by atoms with van der Waals surface area (Å²) in [4.78, 5) is 3.06. The average Bonchev–Trinajstić information content (AvgIpc) is 3.25. The lowest BCUT2D eigenvalue weighted by Gasteiger charge is -2.04. The number of hydrogen-bond acceptors (Lipinski definition) is 1. The molecule has 4 rings (SSSR count). The summed E-state index contributed by atoms with van der Waals surface area (Å²) in [6.07, 6.45) is 4.27. The highest BCUT2D eigenvalue weighted by Crippen LogP contribution is 2.31. The largest absolute Gasteiger partial charge is 0.360 e. The molecule has 0 bridgehead atoms. The van der Waals surface area contributed by atoms with Crippen LogP contribution in [0.25, 0.3) is 21.8 Å². The lowest BCUT2D eigenvalue weighted by atomic mass is 10.2. The number of rotatable bonds is 2. The Morgan fingerprint density at radius 1 is 0.960 bits per heavy atom. The minimum atomic E-state index is 0.465. The number of nitriles is 1. The van der Waals surface area contributed by atoms with Gasteiger partial charge in [0.1, 0.15) is 0 Å². The monoisotopic (exact) mass is 389 g/mol. The highest BCUT2D eigenvalue weighted by atomic mass is 35.5. The van der Waals surface area contributed by atoms with E-state index in [4.69, 9.17) is 40.1 Å². The van der Waals surface area contributed by atoms with Crippen LogP contribution in [0.4, 0.5) is 0 Å². The quantitative estimate of drug-likeness (QED) is 0.407. The molecule has 0 aliphatic heterocycles. The molecule has 0 saturated carbocycles. The number of nitrogens with zero attached hydrogens (tertiary/aromatic N) is 2. The van der Waals surface area contributed by atoms with E-state index in [1.165, 1.54) is 0 Å². The molecule has 0 amide bonds. The summed E-state index contributed by atoms with van der Waals surface area (Å²) in [6, 6.07) is 15.6. The maximum absolute atomic E-state index is 8.54. The van der Waals surface area contributed by atoms with E-state index in [1.54, 1.807) is 6.07 Å². The van der Waals surface area contributed by atoms with Crippen LogP contribution in [0.5, 0.6) is 0 Å². The van der Waals surface area contributed by atoms with Crippen LogP contribution in [0, 0.1) is 11.3 Å². The van der Waals surface area contributed by atoms with Crippen molar-refractivity contribution in [3.8, 4) is 6.07 Å². The molecule has 2 aromatic carbocycles. The molecule has 2 aromatic heterocycles. The van der Waals surface area contributed by atoms with Crippen LogP contribution in [0.2, 0.25) is 15.1 Å². The first-order chi connectivity index (χ1) is 12.1. The van der Waals surface area contributed by atoms with Crippen molar-refractivity contribution in [2.24, 2.45) is 0 Å². The van der Waals surface area contributed by atoms with E-state index in [9.17, 15) is 0 Å². The Morgan fingerprint density at radius 3 is 2.56 bits per heavy atom. The van der Waals surface area contributed by atoms with E-state index >= 15 is 0 Å². The maximum atomic E-state index is 8.54. The molecule has 4 aromatic rings. The summed E-state index contributed by atoms with van der Waals surface area (Å²) >= 11 is 17.9. The number of nitrogens with one attached hydrogen (secondary N) is 1. The molecule has 0 radical (unpaired) electrons. The van der Waals surface area contributed by atoms with Crippen LogP contribution in [0.15, 0.2) is 54.9 Å². The Labute approximate surface area is 160 Å². The second kappa shape index (κ2) is 7.84. The van der Waals surface area contributed by atoms with E-state index in [1.807, 2.05) is 53.4 Å². The molecule has 0 saturated heterocycles. The highest BCUT2D eigenvalue weighted by molar-refractivity contribution is 6.45. The van der Waals surface area contributed by atoms with Crippen molar-refractivity contribution in [2.45, 2.75) is 13.0 Å². The molecular weight excluding hydrogens is 377 g/mol. The van der Waals surface area contributed by atoms with Crippen LogP contribution in [0.1, 0.15) is 6.42 Å². The first-order valence-electron chi connectivity index (χ1n) is 7.63. The van der Waals surface area contributed by atoms with E-state index < -0.39 is 0 Å². The molecule has 0 atom stereocenters. The van der Waals surface area contributed by atoms with Crippen molar-refractivity contribution < 1.29 is 0 Å². The van der Waals surface area contributed by atoms with Gasteiger partial charge in [0.05, 0.1) is 38.6 Å². The predicted molar refractivity (Wildman–Crippen MR) is 105 cm³/mol. The number of hydrogen-bond donors (Lipinski definition) is 1. The molecule has 0 spiro atoms. The van der Waals surface area contributed by atoms with Crippen LogP contribution >= 0.6 is 34.8 Å². The fraction of sp³-hybridized carbons (Fsp3) is 0.105. The van der Waals surface area contributed by atoms with Crippen molar-refractivity contribution in [2.75, 3.05) is 0 Å². The Balaban J connectivity index is 0.000000157. The third-order valence-electron chi connectivity index (χ3n) is 3.82. The number of aromatic amines is 1. The van der Waals surface area contributed by atoms with Crippen molar-refractivity contribution in [1.82, 2.24) is 9.55 Å². The van der Waals surface area contributed by atoms with Crippen LogP contribution in [-0.4, -0.2) is 9.55 Å². The Morgan fingerprint density at radius 2 is 1.80 bits per heavy atom. The maximum Gasteiger partial charge on any atom is 0.0835 e. The van der Waals surface area contributed by atoms with Gasteiger partial charge in [-0.2, -0.15) is 5.26 Å². The third kappa shape index (κ3) is 3.77. The van der Waals surface area contributed by atoms with E-state index in [0.717, 1.165) is 26.8 Å². The molecule has 0 aliphatic rings. The zero-order valence-corrected chi connectivity index (χ0v) is 15.4. The van der Waals surface area contributed by atoms with Gasteiger partial charge in [-0.05, 0) is 24.3 Å². The van der Waals surface area contributed by atoms with E-state index in [0.29, 0.717) is 23.0 Å². The normalized spacial score (nSPS) is 10.5. The fourth-order valence-electron chi connectivity index (χ4n) is 2.63. The van der Waals surface area contributed by atoms with Gasteiger partial charge >= 0.3 is 0 Å². The van der Waals surface area contributed by atoms with Gasteiger partial charge in [0.15, 0.2) is 0 Å². The van der Waals surface area contributed by atoms with Crippen LogP contribution in [0.3, 0.4) is 0 Å². The predicted octanol–water partition coefficient (Wildman–Crippen LogP) is 6.68. The highest BCUT2D eigenvalue weighted by Gasteiger charge is 2.08. The fourth-order valence-corrected chi connectivity index (χ4v) is 3.30. The van der Waals surface area contributed by atoms with Crippen LogP contribution < -0.4 is 0 Å². The van der Waals surface area contributed by atoms with Gasteiger partial charge in [-0.3, -0.25) is 0 Å². The molecule has 1 N–H and O–H groups in total. The third-order valence-corrected chi connectivity index (χ3v) is 4.93. The second-order valence-electron chi connectivity index (χ2n) is 5.40. The van der Waals surface area contributed by atoms with Gasteiger partial charge in [0, 0.05) is 29.7 Å². The number of halogens is 3. The van der Waals surface area contributed by atoms with Crippen molar-refractivity contribution in [1.29, 1.82) is 5.26 Å². The van der Waals surface area contributed by atoms with Crippen LogP contribution in [-0.2, 0) is 6.54 Å². The summed E-state index contributed by atoms with van der Waals surface area (Å²) in [5, 5.41) is 12.6. The summed E-state index contributed by atoms with van der Waals surface area (Å²) in [7, 11) is 0. The van der Waals surface area contributed by atoms with E-state index in [-0.39, 0.29) is 0 Å². The Kier molecular flexibility index (Phi) is 5.55. The molecule has 6 heteroatoms. The second-order valence-corrected chi connectivity index (χ2v) is 6.59. The number of para-hydroxylation sites is 1. The molecule has 0 fully saturated rings. The Bertz CT molecular complexity index is 1060. The zero-order chi connectivity index (χ0) is 17.8. The number of aryl methyl sites for hydroxylation is 1. The van der Waals surface area contributed by atoms with Gasteiger partial charge in [0.25, 0.3) is 0 Å². The van der Waals surface area contributed by atoms with Gasteiger partial charge in [-0.25, -0.2) is 0 Å². The number of benzene rings is 2. The molecule has 2 heterocycles. The van der Waals surface area contributed by atoms with Gasteiger partial charge < -0.3 is 9.55 Å². The number of aromatic nitrogens is 2. The summed E-state index contributed by atoms with van der Waals surface area (Å²) in [6.45, 7) is 0.639. The average molecular weight is 391 g/mol. The summed E-state index contributed by atoms with van der Waals surface area (Å²) in [5.41, 5.74) is 1.92. The SMILES string of the molecule is Clc1cccc2cc[nH]c12.N#CCCn1ccc2ccc(Cl)c(Cl)c21. The first-order valence-corrected chi connectivity index (χ1v) is 8.76. The smallest absolute Gasteiger partial charge is 0.0835 e. The molecule has 0 aliphatic carbocycles. The van der Waals surface area contributed by atoms with E-state index in [2.05, 4.69) is 11.1 Å². The van der Waals surface area contributed by atoms with Gasteiger partial charge in [-0.1, -0.05) is 53.0 Å². The molecule has 3 nitrogen and oxygen atoms in total. The lowest BCUT2D eigenvalue weighted by Crippen LogP contribution is -1.95. The summed E-state index contributed by atoms with van der Waals surface area (Å²) in [5.74, 6) is 0. The zero-order valence-electron chi connectivity index (χ0n) is 13.1. The molecule has 25 heavy (non-hydrogen) atoms. The number of H-pyrrole nitrogens is 1.